The van der Waals surface area contributed by atoms with Gasteiger partial charge in [-0.15, -0.1) is 0 Å². The minimum Gasteiger partial charge on any atom is -0.388 e. The lowest BCUT2D eigenvalue weighted by atomic mass is 9.87. The molecule has 1 aromatic heterocycles. The Balaban J connectivity index is 2.10. The smallest absolute Gasteiger partial charge is 0.0629 e. The zero-order valence-electron chi connectivity index (χ0n) is 17.4. The van der Waals surface area contributed by atoms with Crippen molar-refractivity contribution < 1.29 is 0 Å². The number of anilines is 1. The van der Waals surface area contributed by atoms with E-state index in [-0.39, 0.29) is 5.92 Å². The first kappa shape index (κ1) is 20.9. The second kappa shape index (κ2) is 9.58. The molecule has 29 heavy (non-hydrogen) atoms. The van der Waals surface area contributed by atoms with Gasteiger partial charge in [0.25, 0.3) is 0 Å². The van der Waals surface area contributed by atoms with E-state index in [1.165, 1.54) is 22.3 Å². The van der Waals surface area contributed by atoms with Crippen LogP contribution < -0.4 is 5.32 Å². The molecule has 0 saturated carbocycles. The lowest BCUT2D eigenvalue weighted by Crippen LogP contribution is -2.02. The van der Waals surface area contributed by atoms with Crippen molar-refractivity contribution in [2.45, 2.75) is 20.8 Å². The highest BCUT2D eigenvalue weighted by molar-refractivity contribution is 6.31. The zero-order valence-corrected chi connectivity index (χ0v) is 18.2. The molecule has 0 fully saturated rings. The van der Waals surface area contributed by atoms with E-state index in [0.717, 1.165) is 22.0 Å². The Hall–Kier alpha value is -2.84. The van der Waals surface area contributed by atoms with Crippen molar-refractivity contribution in [2.24, 2.45) is 5.92 Å². The molecule has 1 unspecified atom stereocenters. The molecule has 0 saturated heterocycles. The van der Waals surface area contributed by atoms with Crippen LogP contribution in [-0.4, -0.2) is 12.0 Å². The first-order valence-corrected chi connectivity index (χ1v) is 10.2. The van der Waals surface area contributed by atoms with Gasteiger partial charge in [0, 0.05) is 29.5 Å². The Bertz CT molecular complexity index is 1040. The van der Waals surface area contributed by atoms with Gasteiger partial charge in [-0.1, -0.05) is 60.5 Å². The summed E-state index contributed by atoms with van der Waals surface area (Å²) in [6, 6.07) is 20.6. The maximum atomic E-state index is 6.37. The first-order chi connectivity index (χ1) is 14.0. The number of aromatic nitrogens is 1. The fourth-order valence-corrected chi connectivity index (χ4v) is 3.58. The van der Waals surface area contributed by atoms with Crippen molar-refractivity contribution in [3.63, 3.8) is 0 Å². The number of allylic oxidation sites excluding steroid dienone is 2. The number of pyridine rings is 1. The van der Waals surface area contributed by atoms with Gasteiger partial charge in [-0.25, -0.2) is 0 Å². The Morgan fingerprint density at radius 1 is 1.07 bits per heavy atom. The van der Waals surface area contributed by atoms with Crippen molar-refractivity contribution in [1.29, 1.82) is 0 Å². The summed E-state index contributed by atoms with van der Waals surface area (Å²) in [7, 11) is 1.94. The Morgan fingerprint density at radius 3 is 2.52 bits per heavy atom. The summed E-state index contributed by atoms with van der Waals surface area (Å²) < 4.78 is 0. The molecule has 0 amide bonds. The van der Waals surface area contributed by atoms with E-state index in [2.05, 4.69) is 73.6 Å². The minimum absolute atomic E-state index is 0.233. The molecule has 3 rings (SSSR count). The van der Waals surface area contributed by atoms with Crippen LogP contribution in [0.15, 0.2) is 78.5 Å². The van der Waals surface area contributed by atoms with Gasteiger partial charge in [-0.3, -0.25) is 4.98 Å². The predicted octanol–water partition coefficient (Wildman–Crippen LogP) is 7.26. The number of nitrogens with zero attached hydrogens (tertiary/aromatic N) is 1. The average molecular weight is 403 g/mol. The molecule has 148 valence electrons. The highest BCUT2D eigenvalue weighted by Gasteiger charge is 2.16. The summed E-state index contributed by atoms with van der Waals surface area (Å²) in [5.74, 6) is 0.233. The Labute approximate surface area is 179 Å². The largest absolute Gasteiger partial charge is 0.388 e. The van der Waals surface area contributed by atoms with Crippen LogP contribution in [0.3, 0.4) is 0 Å². The van der Waals surface area contributed by atoms with Crippen LogP contribution >= 0.6 is 11.6 Å². The van der Waals surface area contributed by atoms with Gasteiger partial charge >= 0.3 is 0 Å². The SMILES string of the molecule is CNc1ccc(Cl)cc1/C(=C(\C)C(C)/C=C/c1cc(C)ccn1)c1ccccc1. The number of benzene rings is 2. The summed E-state index contributed by atoms with van der Waals surface area (Å²) in [4.78, 5) is 4.44. The monoisotopic (exact) mass is 402 g/mol. The van der Waals surface area contributed by atoms with E-state index in [1.54, 1.807) is 0 Å². The third kappa shape index (κ3) is 5.16. The van der Waals surface area contributed by atoms with E-state index in [1.807, 2.05) is 43.6 Å². The van der Waals surface area contributed by atoms with Gasteiger partial charge in [0.2, 0.25) is 0 Å². The molecule has 1 N–H and O–H groups in total. The van der Waals surface area contributed by atoms with Gasteiger partial charge in [0.1, 0.15) is 0 Å². The maximum Gasteiger partial charge on any atom is 0.0629 e. The molecule has 0 aliphatic carbocycles. The van der Waals surface area contributed by atoms with Crippen molar-refractivity contribution in [1.82, 2.24) is 4.98 Å². The van der Waals surface area contributed by atoms with Crippen LogP contribution in [0.4, 0.5) is 5.69 Å². The number of aryl methyl sites for hydroxylation is 1. The zero-order chi connectivity index (χ0) is 20.8. The van der Waals surface area contributed by atoms with Crippen LogP contribution in [0.1, 0.15) is 36.2 Å². The van der Waals surface area contributed by atoms with Gasteiger partial charge in [-0.05, 0) is 72.9 Å². The molecule has 0 spiro atoms. The molecule has 0 bridgehead atoms. The topological polar surface area (TPSA) is 24.9 Å². The summed E-state index contributed by atoms with van der Waals surface area (Å²) in [5.41, 5.74) is 8.01. The molecule has 3 heteroatoms. The van der Waals surface area contributed by atoms with Crippen LogP contribution in [0.5, 0.6) is 0 Å². The molecular weight excluding hydrogens is 376 g/mol. The summed E-state index contributed by atoms with van der Waals surface area (Å²) >= 11 is 6.37. The van der Waals surface area contributed by atoms with Gasteiger partial charge in [-0.2, -0.15) is 0 Å². The van der Waals surface area contributed by atoms with Crippen LogP contribution in [0, 0.1) is 12.8 Å². The molecule has 3 aromatic rings. The van der Waals surface area contributed by atoms with E-state index in [9.17, 15) is 0 Å². The first-order valence-electron chi connectivity index (χ1n) is 9.84. The molecule has 0 aliphatic rings. The normalized spacial score (nSPS) is 13.3. The fourth-order valence-electron chi connectivity index (χ4n) is 3.41. The lowest BCUT2D eigenvalue weighted by Gasteiger charge is -2.20. The second-order valence-corrected chi connectivity index (χ2v) is 7.71. The number of halogens is 1. The highest BCUT2D eigenvalue weighted by atomic mass is 35.5. The summed E-state index contributed by atoms with van der Waals surface area (Å²) in [6.07, 6.45) is 6.16. The standard InChI is InChI=1S/C26H27ClN2/c1-18-14-15-29-23(16-18)12-10-19(2)20(3)26(21-8-6-5-7-9-21)24-17-22(27)11-13-25(24)28-4/h5-17,19,28H,1-4H3/b12-10+,26-20+. The summed E-state index contributed by atoms with van der Waals surface area (Å²) in [5, 5.41) is 4.04. The minimum atomic E-state index is 0.233. The third-order valence-electron chi connectivity index (χ3n) is 5.15. The van der Waals surface area contributed by atoms with Crippen molar-refractivity contribution >= 4 is 28.9 Å². The Kier molecular flexibility index (Phi) is 6.90. The average Bonchev–Trinajstić information content (AvgIpc) is 2.73. The van der Waals surface area contributed by atoms with Gasteiger partial charge in [0.15, 0.2) is 0 Å². The molecule has 0 radical (unpaired) electrons. The van der Waals surface area contributed by atoms with Gasteiger partial charge < -0.3 is 5.32 Å². The van der Waals surface area contributed by atoms with E-state index >= 15 is 0 Å². The fraction of sp³-hybridized carbons (Fsp3) is 0.192. The van der Waals surface area contributed by atoms with E-state index in [0.29, 0.717) is 0 Å². The molecule has 0 aliphatic heterocycles. The van der Waals surface area contributed by atoms with E-state index < -0.39 is 0 Å². The maximum absolute atomic E-state index is 6.37. The van der Waals surface area contributed by atoms with Crippen molar-refractivity contribution in [3.05, 3.63) is 106 Å². The molecule has 1 atom stereocenters. The quantitative estimate of drug-likeness (QED) is 0.469. The van der Waals surface area contributed by atoms with E-state index in [4.69, 9.17) is 11.6 Å². The van der Waals surface area contributed by atoms with Crippen molar-refractivity contribution in [2.75, 3.05) is 12.4 Å². The third-order valence-corrected chi connectivity index (χ3v) is 5.39. The van der Waals surface area contributed by atoms with Crippen LogP contribution in [0.2, 0.25) is 5.02 Å². The molecular formula is C26H27ClN2. The molecule has 2 nitrogen and oxygen atoms in total. The Morgan fingerprint density at radius 2 is 1.83 bits per heavy atom. The number of nitrogens with one attached hydrogen (secondary N) is 1. The lowest BCUT2D eigenvalue weighted by molar-refractivity contribution is 0.870. The van der Waals surface area contributed by atoms with Gasteiger partial charge in [0.05, 0.1) is 5.69 Å². The highest BCUT2D eigenvalue weighted by Crippen LogP contribution is 2.36. The molecule has 2 aromatic carbocycles. The second-order valence-electron chi connectivity index (χ2n) is 7.27. The number of hydrogen-bond acceptors (Lipinski definition) is 2. The predicted molar refractivity (Wildman–Crippen MR) is 126 cm³/mol. The number of rotatable bonds is 6. The summed E-state index contributed by atoms with van der Waals surface area (Å²) in [6.45, 7) is 6.50. The molecule has 1 heterocycles. The van der Waals surface area contributed by atoms with Crippen LogP contribution in [0.25, 0.3) is 11.6 Å². The van der Waals surface area contributed by atoms with Crippen molar-refractivity contribution in [3.8, 4) is 0 Å². The van der Waals surface area contributed by atoms with Crippen LogP contribution in [-0.2, 0) is 0 Å². The number of hydrogen-bond donors (Lipinski definition) is 1.